The number of aliphatic imine (C=N–C) groups is 1. The Morgan fingerprint density at radius 2 is 2.08 bits per heavy atom. The van der Waals surface area contributed by atoms with E-state index in [0.717, 1.165) is 62.5 Å². The van der Waals surface area contributed by atoms with Crippen molar-refractivity contribution in [1.29, 1.82) is 0 Å². The van der Waals surface area contributed by atoms with Gasteiger partial charge >= 0.3 is 0 Å². The molecule has 0 amide bonds. The van der Waals surface area contributed by atoms with Gasteiger partial charge in [0.05, 0.1) is 6.20 Å². The van der Waals surface area contributed by atoms with Gasteiger partial charge < -0.3 is 15.1 Å². The van der Waals surface area contributed by atoms with Crippen LogP contribution >= 0.6 is 35.5 Å². The number of anilines is 1. The largest absolute Gasteiger partial charge is 0.356 e. The summed E-state index contributed by atoms with van der Waals surface area (Å²) in [6, 6.07) is 0. The van der Waals surface area contributed by atoms with Crippen LogP contribution in [-0.2, 0) is 19.9 Å². The van der Waals surface area contributed by atoms with Gasteiger partial charge in [-0.2, -0.15) is 9.47 Å². The van der Waals surface area contributed by atoms with Gasteiger partial charge in [0.2, 0.25) is 5.13 Å². The summed E-state index contributed by atoms with van der Waals surface area (Å²) < 4.78 is 6.22. The molecule has 8 nitrogen and oxygen atoms in total. The quantitative estimate of drug-likeness (QED) is 0.388. The minimum atomic E-state index is 0. The van der Waals surface area contributed by atoms with Gasteiger partial charge in [-0.05, 0) is 12.0 Å². The molecule has 1 N–H and O–H groups in total. The highest BCUT2D eigenvalue weighted by Gasteiger charge is 2.21. The van der Waals surface area contributed by atoms with Crippen molar-refractivity contribution in [1.82, 2.24) is 29.4 Å². The molecule has 1 saturated heterocycles. The topological polar surface area (TPSA) is 74.5 Å². The van der Waals surface area contributed by atoms with Crippen molar-refractivity contribution in [2.45, 2.75) is 19.8 Å². The van der Waals surface area contributed by atoms with Crippen LogP contribution in [0.2, 0.25) is 0 Å². The second-order valence-electron chi connectivity index (χ2n) is 6.07. The number of aromatic nitrogens is 4. The van der Waals surface area contributed by atoms with E-state index in [2.05, 4.69) is 47.7 Å². The number of hydrogen-bond acceptors (Lipinski definition) is 6. The number of rotatable bonds is 5. The molecule has 26 heavy (non-hydrogen) atoms. The van der Waals surface area contributed by atoms with Crippen LogP contribution < -0.4 is 10.2 Å². The van der Waals surface area contributed by atoms with Gasteiger partial charge in [-0.15, -0.1) is 24.0 Å². The van der Waals surface area contributed by atoms with Crippen molar-refractivity contribution >= 4 is 46.6 Å². The third-order valence-corrected chi connectivity index (χ3v) is 5.11. The lowest BCUT2D eigenvalue weighted by Gasteiger charge is -2.36. The molecule has 0 atom stereocenters. The van der Waals surface area contributed by atoms with Crippen LogP contribution in [-0.4, -0.2) is 69.8 Å². The van der Waals surface area contributed by atoms with E-state index in [9.17, 15) is 0 Å². The van der Waals surface area contributed by atoms with E-state index in [1.54, 1.807) is 0 Å². The molecule has 0 spiro atoms. The van der Waals surface area contributed by atoms with E-state index >= 15 is 0 Å². The van der Waals surface area contributed by atoms with Crippen molar-refractivity contribution in [3.63, 3.8) is 0 Å². The smallest absolute Gasteiger partial charge is 0.205 e. The molecule has 0 bridgehead atoms. The number of piperazine rings is 1. The van der Waals surface area contributed by atoms with Crippen LogP contribution in [0.4, 0.5) is 5.13 Å². The molecule has 2 aromatic rings. The highest BCUT2D eigenvalue weighted by molar-refractivity contribution is 14.0. The Kier molecular flexibility index (Phi) is 8.07. The van der Waals surface area contributed by atoms with Crippen molar-refractivity contribution in [2.75, 3.05) is 44.7 Å². The third kappa shape index (κ3) is 5.29. The maximum Gasteiger partial charge on any atom is 0.205 e. The Morgan fingerprint density at radius 1 is 1.31 bits per heavy atom. The summed E-state index contributed by atoms with van der Waals surface area (Å²) in [6.45, 7) is 6.71. The molecular weight excluding hydrogens is 463 g/mol. The van der Waals surface area contributed by atoms with E-state index in [1.165, 1.54) is 17.1 Å². The molecule has 144 valence electrons. The maximum absolute atomic E-state index is 4.59. The summed E-state index contributed by atoms with van der Waals surface area (Å²) in [6.07, 6.45) is 5.80. The Hall–Kier alpha value is -1.43. The summed E-state index contributed by atoms with van der Waals surface area (Å²) in [5, 5.41) is 8.70. The standard InChI is InChI=1S/C16H26N8S.HI/c1-4-14-20-16(25-21-14)24-9-7-23(8-10-24)15(17-2)18-6-5-13-11-19-22(3)12-13;/h11-12H,4-10H2,1-3H3,(H,17,18);1H. The van der Waals surface area contributed by atoms with Crippen molar-refractivity contribution in [3.05, 3.63) is 23.8 Å². The molecule has 1 aliphatic rings. The summed E-state index contributed by atoms with van der Waals surface area (Å²) in [7, 11) is 3.79. The van der Waals surface area contributed by atoms with Crippen LogP contribution in [0.1, 0.15) is 18.3 Å². The first-order valence-corrected chi connectivity index (χ1v) is 9.47. The molecule has 0 aromatic carbocycles. The molecule has 1 fully saturated rings. The summed E-state index contributed by atoms with van der Waals surface area (Å²) in [5.41, 5.74) is 1.23. The molecule has 2 aromatic heterocycles. The normalized spacial score (nSPS) is 15.1. The van der Waals surface area contributed by atoms with E-state index in [-0.39, 0.29) is 24.0 Å². The second-order valence-corrected chi connectivity index (χ2v) is 6.80. The second kappa shape index (κ2) is 10.0. The SMILES string of the molecule is CCc1nsc(N2CCN(C(=NC)NCCc3cnn(C)c3)CC2)n1.I. The molecule has 0 radical (unpaired) electrons. The zero-order valence-corrected chi connectivity index (χ0v) is 18.7. The zero-order valence-electron chi connectivity index (χ0n) is 15.6. The van der Waals surface area contributed by atoms with E-state index in [4.69, 9.17) is 0 Å². The summed E-state index contributed by atoms with van der Waals surface area (Å²) in [5.74, 6) is 1.91. The van der Waals surface area contributed by atoms with Crippen molar-refractivity contribution in [3.8, 4) is 0 Å². The summed E-state index contributed by atoms with van der Waals surface area (Å²) >= 11 is 1.50. The van der Waals surface area contributed by atoms with Crippen LogP contribution in [0, 0.1) is 0 Å². The monoisotopic (exact) mass is 490 g/mol. The Labute approximate surface area is 175 Å². The predicted octanol–water partition coefficient (Wildman–Crippen LogP) is 1.39. The van der Waals surface area contributed by atoms with Gasteiger partial charge in [-0.25, -0.2) is 4.98 Å². The predicted molar refractivity (Wildman–Crippen MR) is 117 cm³/mol. The Bertz CT molecular complexity index is 705. The molecule has 1 aliphatic heterocycles. The fourth-order valence-electron chi connectivity index (χ4n) is 2.88. The van der Waals surface area contributed by atoms with Crippen LogP contribution in [0.5, 0.6) is 0 Å². The van der Waals surface area contributed by atoms with Crippen molar-refractivity contribution in [2.24, 2.45) is 12.0 Å². The molecule has 0 unspecified atom stereocenters. The highest BCUT2D eigenvalue weighted by Crippen LogP contribution is 2.19. The number of nitrogens with zero attached hydrogens (tertiary/aromatic N) is 7. The van der Waals surface area contributed by atoms with E-state index < -0.39 is 0 Å². The molecule has 10 heteroatoms. The number of aryl methyl sites for hydroxylation is 2. The minimum absolute atomic E-state index is 0. The third-order valence-electron chi connectivity index (χ3n) is 4.29. The molecule has 3 heterocycles. The molecule has 0 aliphatic carbocycles. The number of guanidine groups is 1. The lowest BCUT2D eigenvalue weighted by molar-refractivity contribution is 0.372. The van der Waals surface area contributed by atoms with Crippen LogP contribution in [0.25, 0.3) is 0 Å². The fraction of sp³-hybridized carbons (Fsp3) is 0.625. The van der Waals surface area contributed by atoms with E-state index in [1.807, 2.05) is 25.0 Å². The highest BCUT2D eigenvalue weighted by atomic mass is 127. The van der Waals surface area contributed by atoms with Gasteiger partial charge in [-0.3, -0.25) is 9.67 Å². The average molecular weight is 490 g/mol. The lowest BCUT2D eigenvalue weighted by Crippen LogP contribution is -2.52. The first-order chi connectivity index (χ1) is 12.2. The first kappa shape index (κ1) is 20.9. The first-order valence-electron chi connectivity index (χ1n) is 8.70. The zero-order chi connectivity index (χ0) is 17.6. The average Bonchev–Trinajstić information content (AvgIpc) is 3.28. The van der Waals surface area contributed by atoms with Gasteiger partial charge in [0, 0.05) is 71.0 Å². The maximum atomic E-state index is 4.59. The van der Waals surface area contributed by atoms with Crippen LogP contribution in [0.3, 0.4) is 0 Å². The van der Waals surface area contributed by atoms with Gasteiger partial charge in [0.1, 0.15) is 5.82 Å². The van der Waals surface area contributed by atoms with Crippen molar-refractivity contribution < 1.29 is 0 Å². The lowest BCUT2D eigenvalue weighted by atomic mass is 10.2. The Morgan fingerprint density at radius 3 is 2.65 bits per heavy atom. The number of hydrogen-bond donors (Lipinski definition) is 1. The molecule has 0 saturated carbocycles. The number of halogens is 1. The summed E-state index contributed by atoms with van der Waals surface area (Å²) in [4.78, 5) is 13.6. The molecule has 3 rings (SSSR count). The van der Waals surface area contributed by atoms with Gasteiger partial charge in [-0.1, -0.05) is 6.92 Å². The Balaban J connectivity index is 0.00000243. The minimum Gasteiger partial charge on any atom is -0.356 e. The van der Waals surface area contributed by atoms with E-state index in [0.29, 0.717) is 0 Å². The van der Waals surface area contributed by atoms with Gasteiger partial charge in [0.15, 0.2) is 5.96 Å². The fourth-order valence-corrected chi connectivity index (χ4v) is 3.68. The molecular formula is C16H27IN8S. The van der Waals surface area contributed by atoms with Gasteiger partial charge in [0.25, 0.3) is 0 Å². The number of nitrogens with one attached hydrogen (secondary N) is 1. The van der Waals surface area contributed by atoms with Crippen LogP contribution in [0.15, 0.2) is 17.4 Å².